The highest BCUT2D eigenvalue weighted by atomic mass is 19.4. The van der Waals surface area contributed by atoms with Crippen molar-refractivity contribution < 1.29 is 22.4 Å². The Morgan fingerprint density at radius 1 is 0.882 bits per heavy atom. The Kier molecular flexibility index (Phi) is 5.33. The lowest BCUT2D eigenvalue weighted by Crippen LogP contribution is -2.24. The van der Waals surface area contributed by atoms with E-state index in [2.05, 4.69) is 20.2 Å². The lowest BCUT2D eigenvalue weighted by atomic mass is 10.0. The molecule has 5 rings (SSSR count). The second kappa shape index (κ2) is 8.47. The van der Waals surface area contributed by atoms with Crippen LogP contribution >= 0.6 is 0 Å². The quantitative estimate of drug-likeness (QED) is 0.362. The molecule has 0 amide bonds. The highest BCUT2D eigenvalue weighted by molar-refractivity contribution is 5.83. The minimum Gasteiger partial charge on any atom is -0.406 e. The van der Waals surface area contributed by atoms with Crippen LogP contribution in [-0.2, 0) is 6.54 Å². The third-order valence-electron chi connectivity index (χ3n) is 5.08. The van der Waals surface area contributed by atoms with Gasteiger partial charge in [0.05, 0.1) is 5.39 Å². The minimum absolute atomic E-state index is 0.0370. The van der Waals surface area contributed by atoms with Gasteiger partial charge in [-0.25, -0.2) is 4.68 Å². The molecule has 0 aliphatic rings. The first-order valence-corrected chi connectivity index (χ1v) is 10.1. The minimum atomic E-state index is -4.76. The third-order valence-corrected chi connectivity index (χ3v) is 5.08. The number of halogens is 3. The predicted molar refractivity (Wildman–Crippen MR) is 117 cm³/mol. The van der Waals surface area contributed by atoms with Crippen LogP contribution < -0.4 is 10.3 Å². The van der Waals surface area contributed by atoms with Gasteiger partial charge < -0.3 is 9.26 Å². The number of benzene rings is 3. The molecule has 0 aliphatic carbocycles. The standard InChI is InChI=1S/C24H15F3N4O3/c25-24(26,27)33-18-9-6-15(7-10-18)17-8-11-21-20(12-17)23(32)31(30-28-21)14-19-13-22(29-34-19)16-4-2-1-3-5-16/h1-13H,14H2. The average molecular weight is 464 g/mol. The van der Waals surface area contributed by atoms with Gasteiger partial charge >= 0.3 is 6.36 Å². The Labute approximate surface area is 190 Å². The zero-order chi connectivity index (χ0) is 23.7. The van der Waals surface area contributed by atoms with E-state index in [0.717, 1.165) is 5.56 Å². The highest BCUT2D eigenvalue weighted by Crippen LogP contribution is 2.27. The molecular weight excluding hydrogens is 449 g/mol. The molecule has 34 heavy (non-hydrogen) atoms. The number of ether oxygens (including phenoxy) is 1. The SMILES string of the molecule is O=c1c2cc(-c3ccc(OC(F)(F)F)cc3)ccc2nnn1Cc1cc(-c2ccccc2)no1. The van der Waals surface area contributed by atoms with Crippen LogP contribution in [-0.4, -0.2) is 26.5 Å². The summed E-state index contributed by atoms with van der Waals surface area (Å²) in [4.78, 5) is 13.1. The van der Waals surface area contributed by atoms with Gasteiger partial charge in [0.1, 0.15) is 23.5 Å². The molecule has 3 aromatic carbocycles. The summed E-state index contributed by atoms with van der Waals surface area (Å²) in [6.45, 7) is 0.0370. The van der Waals surface area contributed by atoms with Crippen molar-refractivity contribution in [3.8, 4) is 28.1 Å². The summed E-state index contributed by atoms with van der Waals surface area (Å²) in [7, 11) is 0. The normalized spacial score (nSPS) is 11.6. The van der Waals surface area contributed by atoms with E-state index >= 15 is 0 Å². The number of fused-ring (bicyclic) bond motifs is 1. The molecule has 0 N–H and O–H groups in total. The Morgan fingerprint density at radius 2 is 1.62 bits per heavy atom. The average Bonchev–Trinajstić information content (AvgIpc) is 3.29. The van der Waals surface area contributed by atoms with Gasteiger partial charge in [-0.15, -0.1) is 18.3 Å². The summed E-state index contributed by atoms with van der Waals surface area (Å²) in [5.41, 5.74) is 2.77. The Hall–Kier alpha value is -4.47. The van der Waals surface area contributed by atoms with E-state index in [9.17, 15) is 18.0 Å². The Bertz CT molecular complexity index is 1510. The van der Waals surface area contributed by atoms with Crippen LogP contribution in [0.1, 0.15) is 5.76 Å². The maximum Gasteiger partial charge on any atom is 0.573 e. The van der Waals surface area contributed by atoms with E-state index in [4.69, 9.17) is 4.52 Å². The molecule has 5 aromatic rings. The molecule has 0 fully saturated rings. The number of nitrogens with zero attached hydrogens (tertiary/aromatic N) is 4. The van der Waals surface area contributed by atoms with E-state index in [1.165, 1.54) is 28.9 Å². The maximum atomic E-state index is 13.1. The lowest BCUT2D eigenvalue weighted by Gasteiger charge is -2.09. The highest BCUT2D eigenvalue weighted by Gasteiger charge is 2.31. The van der Waals surface area contributed by atoms with Crippen molar-refractivity contribution in [3.63, 3.8) is 0 Å². The van der Waals surface area contributed by atoms with Gasteiger partial charge in [-0.3, -0.25) is 4.79 Å². The van der Waals surface area contributed by atoms with Crippen molar-refractivity contribution in [1.29, 1.82) is 0 Å². The zero-order valence-corrected chi connectivity index (χ0v) is 17.4. The van der Waals surface area contributed by atoms with Crippen LogP contribution in [0.5, 0.6) is 5.75 Å². The first kappa shape index (κ1) is 21.4. The number of alkyl halides is 3. The van der Waals surface area contributed by atoms with Gasteiger partial charge in [-0.2, -0.15) is 0 Å². The summed E-state index contributed by atoms with van der Waals surface area (Å²) in [6.07, 6.45) is -4.76. The number of aromatic nitrogens is 4. The van der Waals surface area contributed by atoms with Gasteiger partial charge in [0.25, 0.3) is 5.56 Å². The van der Waals surface area contributed by atoms with Crippen molar-refractivity contribution in [1.82, 2.24) is 20.2 Å². The largest absolute Gasteiger partial charge is 0.573 e. The number of rotatable bonds is 5. The van der Waals surface area contributed by atoms with Crippen molar-refractivity contribution >= 4 is 10.9 Å². The molecule has 0 bridgehead atoms. The molecule has 0 spiro atoms. The molecule has 0 aliphatic heterocycles. The number of hydrogen-bond donors (Lipinski definition) is 0. The van der Waals surface area contributed by atoms with Crippen LogP contribution in [0.15, 0.2) is 88.2 Å². The first-order chi connectivity index (χ1) is 16.4. The molecule has 10 heteroatoms. The molecule has 0 saturated heterocycles. The van der Waals surface area contributed by atoms with E-state index < -0.39 is 6.36 Å². The van der Waals surface area contributed by atoms with E-state index in [0.29, 0.717) is 33.5 Å². The van der Waals surface area contributed by atoms with Gasteiger partial charge in [-0.05, 0) is 35.4 Å². The molecule has 0 unspecified atom stereocenters. The van der Waals surface area contributed by atoms with Crippen molar-refractivity contribution in [2.45, 2.75) is 12.9 Å². The Balaban J connectivity index is 1.43. The summed E-state index contributed by atoms with van der Waals surface area (Å²) < 4.78 is 47.6. The van der Waals surface area contributed by atoms with Gasteiger partial charge in [0, 0.05) is 11.6 Å². The zero-order valence-electron chi connectivity index (χ0n) is 17.4. The molecule has 2 aromatic heterocycles. The van der Waals surface area contributed by atoms with Crippen LogP contribution in [0, 0.1) is 0 Å². The summed E-state index contributed by atoms with van der Waals surface area (Å²) in [6, 6.07) is 21.5. The topological polar surface area (TPSA) is 83.0 Å². The monoisotopic (exact) mass is 464 g/mol. The fraction of sp³-hybridized carbons (Fsp3) is 0.0833. The van der Waals surface area contributed by atoms with Crippen LogP contribution in [0.25, 0.3) is 33.3 Å². The second-order valence-electron chi connectivity index (χ2n) is 7.40. The molecule has 0 atom stereocenters. The van der Waals surface area contributed by atoms with Crippen LogP contribution in [0.4, 0.5) is 13.2 Å². The van der Waals surface area contributed by atoms with Gasteiger partial charge in [0.2, 0.25) is 0 Å². The summed E-state index contributed by atoms with van der Waals surface area (Å²) in [5.74, 6) is 0.109. The van der Waals surface area contributed by atoms with E-state index in [1.54, 1.807) is 24.3 Å². The smallest absolute Gasteiger partial charge is 0.406 e. The first-order valence-electron chi connectivity index (χ1n) is 10.1. The molecule has 0 saturated carbocycles. The van der Waals surface area contributed by atoms with Crippen molar-refractivity contribution in [3.05, 3.63) is 95.0 Å². The molecule has 0 radical (unpaired) electrons. The fourth-order valence-corrected chi connectivity index (χ4v) is 3.49. The summed E-state index contributed by atoms with van der Waals surface area (Å²) in [5, 5.41) is 12.4. The Morgan fingerprint density at radius 3 is 2.35 bits per heavy atom. The number of hydrogen-bond acceptors (Lipinski definition) is 6. The van der Waals surface area contributed by atoms with E-state index in [-0.39, 0.29) is 17.9 Å². The van der Waals surface area contributed by atoms with Gasteiger partial charge in [0.15, 0.2) is 5.76 Å². The summed E-state index contributed by atoms with van der Waals surface area (Å²) >= 11 is 0. The van der Waals surface area contributed by atoms with Crippen LogP contribution in [0.3, 0.4) is 0 Å². The molecule has 7 nitrogen and oxygen atoms in total. The van der Waals surface area contributed by atoms with Gasteiger partial charge in [-0.1, -0.05) is 58.9 Å². The predicted octanol–water partition coefficient (Wildman–Crippen LogP) is 5.06. The van der Waals surface area contributed by atoms with Crippen LogP contribution in [0.2, 0.25) is 0 Å². The lowest BCUT2D eigenvalue weighted by molar-refractivity contribution is -0.274. The fourth-order valence-electron chi connectivity index (χ4n) is 3.49. The molecule has 2 heterocycles. The van der Waals surface area contributed by atoms with E-state index in [1.807, 2.05) is 30.3 Å². The van der Waals surface area contributed by atoms with Crippen molar-refractivity contribution in [2.24, 2.45) is 0 Å². The van der Waals surface area contributed by atoms with Crippen molar-refractivity contribution in [2.75, 3.05) is 0 Å². The maximum absolute atomic E-state index is 13.1. The molecular formula is C24H15F3N4O3. The third kappa shape index (κ3) is 4.51. The second-order valence-corrected chi connectivity index (χ2v) is 7.40. The molecule has 170 valence electrons.